The minimum Gasteiger partial charge on any atom is -0.491 e. The molecule has 1 fully saturated rings. The highest BCUT2D eigenvalue weighted by molar-refractivity contribution is 5.33. The normalized spacial score (nSPS) is 16.3. The average Bonchev–Trinajstić information content (AvgIpc) is 2.74. The van der Waals surface area contributed by atoms with Gasteiger partial charge in [-0.3, -0.25) is 9.88 Å². The highest BCUT2D eigenvalue weighted by Gasteiger charge is 2.20. The molecule has 1 atom stereocenters. The summed E-state index contributed by atoms with van der Waals surface area (Å²) in [5, 5.41) is 10.5. The number of benzene rings is 1. The zero-order valence-corrected chi connectivity index (χ0v) is 17.8. The first kappa shape index (κ1) is 21.8. The summed E-state index contributed by atoms with van der Waals surface area (Å²) in [6.45, 7) is 2.53. The van der Waals surface area contributed by atoms with Crippen molar-refractivity contribution >= 4 is 0 Å². The Bertz CT molecular complexity index is 719. The Morgan fingerprint density at radius 1 is 1.03 bits per heavy atom. The van der Waals surface area contributed by atoms with Gasteiger partial charge in [-0.25, -0.2) is 0 Å². The molecule has 1 N–H and O–H groups in total. The first-order chi connectivity index (χ1) is 14.1. The molecule has 0 amide bonds. The molecule has 0 bridgehead atoms. The van der Waals surface area contributed by atoms with Gasteiger partial charge in [-0.15, -0.1) is 0 Å². The van der Waals surface area contributed by atoms with Gasteiger partial charge in [-0.05, 0) is 45.1 Å². The van der Waals surface area contributed by atoms with Crippen LogP contribution in [0.3, 0.4) is 0 Å². The number of hydrogen-bond donors (Lipinski definition) is 1. The van der Waals surface area contributed by atoms with Crippen LogP contribution in [0.1, 0.15) is 43.4 Å². The topological polar surface area (TPSA) is 48.8 Å². The third kappa shape index (κ3) is 7.11. The van der Waals surface area contributed by atoms with Gasteiger partial charge in [0.05, 0.1) is 5.69 Å². The van der Waals surface area contributed by atoms with E-state index in [-0.39, 0.29) is 0 Å². The van der Waals surface area contributed by atoms with Crippen LogP contribution >= 0.6 is 0 Å². The lowest BCUT2D eigenvalue weighted by molar-refractivity contribution is 0.0556. The first-order valence-electron chi connectivity index (χ1n) is 10.8. The fraction of sp³-hybridized carbons (Fsp3) is 0.542. The Hall–Kier alpha value is -1.95. The van der Waals surface area contributed by atoms with E-state index < -0.39 is 6.10 Å². The van der Waals surface area contributed by atoms with Crippen molar-refractivity contribution in [2.45, 2.75) is 57.3 Å². The maximum absolute atomic E-state index is 10.5. The number of hydrogen-bond acceptors (Lipinski definition) is 5. The summed E-state index contributed by atoms with van der Waals surface area (Å²) in [7, 11) is 4.21. The summed E-state index contributed by atoms with van der Waals surface area (Å²) in [5.41, 5.74) is 2.17. The maximum Gasteiger partial charge on any atom is 0.123 e. The van der Waals surface area contributed by atoms with Crippen LogP contribution in [0.4, 0.5) is 0 Å². The highest BCUT2D eigenvalue weighted by Crippen LogP contribution is 2.23. The van der Waals surface area contributed by atoms with Crippen LogP contribution in [0, 0.1) is 0 Å². The summed E-state index contributed by atoms with van der Waals surface area (Å²) in [6, 6.07) is 14.7. The number of rotatable bonds is 10. The molecule has 3 rings (SSSR count). The van der Waals surface area contributed by atoms with Crippen molar-refractivity contribution in [3.63, 3.8) is 0 Å². The molecular formula is C24H35N3O2. The number of pyridine rings is 1. The van der Waals surface area contributed by atoms with Crippen LogP contribution in [0.2, 0.25) is 0 Å². The van der Waals surface area contributed by atoms with E-state index in [0.717, 1.165) is 30.1 Å². The fourth-order valence-electron chi connectivity index (χ4n) is 4.13. The molecule has 29 heavy (non-hydrogen) atoms. The number of aliphatic hydroxyl groups is 1. The van der Waals surface area contributed by atoms with Crippen molar-refractivity contribution in [2.24, 2.45) is 0 Å². The molecule has 1 aliphatic carbocycles. The van der Waals surface area contributed by atoms with Crippen molar-refractivity contribution in [3.05, 3.63) is 59.9 Å². The Kier molecular flexibility index (Phi) is 8.47. The van der Waals surface area contributed by atoms with E-state index in [1.807, 2.05) is 42.6 Å². The van der Waals surface area contributed by atoms with Gasteiger partial charge in [0, 0.05) is 37.4 Å². The molecule has 2 aromatic rings. The molecule has 1 heterocycles. The van der Waals surface area contributed by atoms with E-state index in [1.54, 1.807) is 0 Å². The second-order valence-electron chi connectivity index (χ2n) is 8.30. The fourth-order valence-corrected chi connectivity index (χ4v) is 4.13. The summed E-state index contributed by atoms with van der Waals surface area (Å²) in [4.78, 5) is 8.92. The van der Waals surface area contributed by atoms with Gasteiger partial charge in [0.25, 0.3) is 0 Å². The second kappa shape index (κ2) is 11.3. The second-order valence-corrected chi connectivity index (χ2v) is 8.30. The summed E-state index contributed by atoms with van der Waals surface area (Å²) in [5.74, 6) is 0.847. The Balaban J connectivity index is 1.49. The van der Waals surface area contributed by atoms with E-state index in [1.165, 1.54) is 32.1 Å². The molecule has 1 aliphatic rings. The van der Waals surface area contributed by atoms with E-state index >= 15 is 0 Å². The van der Waals surface area contributed by atoms with Crippen molar-refractivity contribution in [1.82, 2.24) is 14.8 Å². The van der Waals surface area contributed by atoms with Gasteiger partial charge in [0.15, 0.2) is 0 Å². The van der Waals surface area contributed by atoms with E-state index in [0.29, 0.717) is 19.2 Å². The van der Waals surface area contributed by atoms with Gasteiger partial charge in [0.1, 0.15) is 18.5 Å². The predicted molar refractivity (Wildman–Crippen MR) is 117 cm³/mol. The number of para-hydroxylation sites is 1. The summed E-state index contributed by atoms with van der Waals surface area (Å²) >= 11 is 0. The minimum atomic E-state index is -0.485. The number of aromatic nitrogens is 1. The Morgan fingerprint density at radius 2 is 1.79 bits per heavy atom. The zero-order chi connectivity index (χ0) is 20.5. The molecule has 5 nitrogen and oxygen atoms in total. The lowest BCUT2D eigenvalue weighted by Crippen LogP contribution is -2.40. The van der Waals surface area contributed by atoms with Gasteiger partial charge >= 0.3 is 0 Å². The van der Waals surface area contributed by atoms with Crippen molar-refractivity contribution in [3.8, 4) is 5.75 Å². The van der Waals surface area contributed by atoms with Gasteiger partial charge in [-0.2, -0.15) is 0 Å². The largest absolute Gasteiger partial charge is 0.491 e. The third-order valence-corrected chi connectivity index (χ3v) is 5.70. The standard InChI is InChI=1S/C24H35N3O2/c1-26(17-21-11-8-9-15-25-21)16-20-10-6-7-14-24(20)29-19-23(28)18-27(2)22-12-4-3-5-13-22/h6-11,14-15,22-23,28H,3-5,12-13,16-19H2,1-2H3. The average molecular weight is 398 g/mol. The molecule has 1 unspecified atom stereocenters. The SMILES string of the molecule is CN(Cc1ccccn1)Cc1ccccc1OCC(O)CN(C)C1CCCCC1. The Labute approximate surface area is 175 Å². The van der Waals surface area contributed by atoms with E-state index in [4.69, 9.17) is 4.74 Å². The molecule has 5 heteroatoms. The van der Waals surface area contributed by atoms with Gasteiger partial charge in [-0.1, -0.05) is 43.5 Å². The summed E-state index contributed by atoms with van der Waals surface area (Å²) < 4.78 is 6.02. The number of nitrogens with zero attached hydrogens (tertiary/aromatic N) is 3. The summed E-state index contributed by atoms with van der Waals surface area (Å²) in [6.07, 6.45) is 7.79. The molecule has 0 radical (unpaired) electrons. The third-order valence-electron chi connectivity index (χ3n) is 5.70. The van der Waals surface area contributed by atoms with Crippen molar-refractivity contribution in [1.29, 1.82) is 0 Å². The quantitative estimate of drug-likeness (QED) is 0.662. The molecule has 1 aromatic carbocycles. The van der Waals surface area contributed by atoms with Crippen LogP contribution in [0.5, 0.6) is 5.75 Å². The molecular weight excluding hydrogens is 362 g/mol. The highest BCUT2D eigenvalue weighted by atomic mass is 16.5. The first-order valence-corrected chi connectivity index (χ1v) is 10.8. The molecule has 0 aliphatic heterocycles. The van der Waals surface area contributed by atoms with Crippen LogP contribution in [-0.4, -0.2) is 59.3 Å². The van der Waals surface area contributed by atoms with Crippen molar-refractivity contribution in [2.75, 3.05) is 27.2 Å². The molecule has 0 saturated heterocycles. The smallest absolute Gasteiger partial charge is 0.123 e. The lowest BCUT2D eigenvalue weighted by Gasteiger charge is -2.32. The lowest BCUT2D eigenvalue weighted by atomic mass is 9.94. The van der Waals surface area contributed by atoms with Crippen LogP contribution in [0.25, 0.3) is 0 Å². The van der Waals surface area contributed by atoms with Crippen LogP contribution in [-0.2, 0) is 13.1 Å². The van der Waals surface area contributed by atoms with E-state index in [9.17, 15) is 5.11 Å². The van der Waals surface area contributed by atoms with Crippen molar-refractivity contribution < 1.29 is 9.84 Å². The van der Waals surface area contributed by atoms with E-state index in [2.05, 4.69) is 34.9 Å². The number of likely N-dealkylation sites (N-methyl/N-ethyl adjacent to an activating group) is 1. The van der Waals surface area contributed by atoms with Crippen LogP contribution < -0.4 is 4.74 Å². The molecule has 0 spiro atoms. The minimum absolute atomic E-state index is 0.317. The predicted octanol–water partition coefficient (Wildman–Crippen LogP) is 3.72. The number of ether oxygens (including phenoxy) is 1. The molecule has 1 aromatic heterocycles. The van der Waals surface area contributed by atoms with Crippen LogP contribution in [0.15, 0.2) is 48.7 Å². The Morgan fingerprint density at radius 3 is 2.55 bits per heavy atom. The van der Waals surface area contributed by atoms with Gasteiger partial charge < -0.3 is 14.7 Å². The van der Waals surface area contributed by atoms with Gasteiger partial charge in [0.2, 0.25) is 0 Å². The maximum atomic E-state index is 10.5. The molecule has 1 saturated carbocycles. The monoisotopic (exact) mass is 397 g/mol. The number of aliphatic hydroxyl groups excluding tert-OH is 1. The molecule has 158 valence electrons. The zero-order valence-electron chi connectivity index (χ0n) is 17.8.